The van der Waals surface area contributed by atoms with Crippen molar-refractivity contribution in [1.82, 2.24) is 10.3 Å². The first kappa shape index (κ1) is 12.0. The third kappa shape index (κ3) is 2.52. The summed E-state index contributed by atoms with van der Waals surface area (Å²) in [6.45, 7) is 7.39. The monoisotopic (exact) mass is 251 g/mol. The molecule has 0 amide bonds. The lowest BCUT2D eigenvalue weighted by Crippen LogP contribution is -2.53. The molecule has 5 heteroatoms. The molecule has 2 heterocycles. The van der Waals surface area contributed by atoms with Crippen molar-refractivity contribution < 1.29 is 9.15 Å². The average molecular weight is 251 g/mol. The predicted octanol–water partition coefficient (Wildman–Crippen LogP) is 1.54. The summed E-state index contributed by atoms with van der Waals surface area (Å²) in [5.74, 6) is 0. The van der Waals surface area contributed by atoms with Crippen LogP contribution in [-0.2, 0) is 11.3 Å². The molecule has 1 aromatic rings. The van der Waals surface area contributed by atoms with E-state index in [9.17, 15) is 0 Å². The highest BCUT2D eigenvalue weighted by atomic mass is 16.5. The molecule has 0 aromatic carbocycles. The molecule has 1 aromatic heterocycles. The van der Waals surface area contributed by atoms with Crippen LogP contribution in [0.3, 0.4) is 0 Å². The van der Waals surface area contributed by atoms with Gasteiger partial charge in [0.05, 0.1) is 24.4 Å². The number of nitrogens with one attached hydrogen (secondary N) is 1. The van der Waals surface area contributed by atoms with Crippen molar-refractivity contribution in [2.45, 2.75) is 44.8 Å². The van der Waals surface area contributed by atoms with Crippen LogP contribution < -0.4 is 10.2 Å². The predicted molar refractivity (Wildman–Crippen MR) is 68.6 cm³/mol. The third-order valence-corrected chi connectivity index (χ3v) is 3.56. The number of nitrogens with zero attached hydrogens (tertiary/aromatic N) is 2. The summed E-state index contributed by atoms with van der Waals surface area (Å²) >= 11 is 0. The Kier molecular flexibility index (Phi) is 3.03. The maximum Gasteiger partial charge on any atom is 0.298 e. The highest BCUT2D eigenvalue weighted by Gasteiger charge is 2.33. The normalized spacial score (nSPS) is 23.3. The van der Waals surface area contributed by atoms with Crippen molar-refractivity contribution in [3.63, 3.8) is 0 Å². The molecule has 2 aliphatic rings. The van der Waals surface area contributed by atoms with E-state index in [2.05, 4.69) is 29.0 Å². The molecule has 0 radical (unpaired) electrons. The van der Waals surface area contributed by atoms with E-state index in [1.54, 1.807) is 6.26 Å². The van der Waals surface area contributed by atoms with Crippen LogP contribution in [0.1, 0.15) is 32.4 Å². The second-order valence-corrected chi connectivity index (χ2v) is 5.79. The van der Waals surface area contributed by atoms with E-state index in [0.29, 0.717) is 12.6 Å². The molecule has 100 valence electrons. The fraction of sp³-hybridized carbons (Fsp3) is 0.769. The van der Waals surface area contributed by atoms with E-state index in [1.807, 2.05) is 0 Å². The van der Waals surface area contributed by atoms with Gasteiger partial charge in [0.2, 0.25) is 0 Å². The third-order valence-electron chi connectivity index (χ3n) is 3.56. The first-order chi connectivity index (χ1) is 8.65. The second kappa shape index (κ2) is 4.55. The topological polar surface area (TPSA) is 50.5 Å². The molecule has 2 fully saturated rings. The van der Waals surface area contributed by atoms with E-state index in [0.717, 1.165) is 31.4 Å². The Morgan fingerprint density at radius 1 is 1.50 bits per heavy atom. The van der Waals surface area contributed by atoms with Crippen LogP contribution in [0.5, 0.6) is 0 Å². The Balaban J connectivity index is 1.67. The van der Waals surface area contributed by atoms with Gasteiger partial charge < -0.3 is 19.4 Å². The van der Waals surface area contributed by atoms with Crippen molar-refractivity contribution in [2.24, 2.45) is 0 Å². The molecular formula is C13H21N3O2. The SMILES string of the molecule is CC1(C)COCCN1c1nc(CNC2CC2)co1. The second-order valence-electron chi connectivity index (χ2n) is 5.79. The molecule has 18 heavy (non-hydrogen) atoms. The Morgan fingerprint density at radius 3 is 3.06 bits per heavy atom. The number of rotatable bonds is 4. The lowest BCUT2D eigenvalue weighted by atomic mass is 10.0. The molecular weight excluding hydrogens is 230 g/mol. The Hall–Kier alpha value is -1.07. The van der Waals surface area contributed by atoms with Crippen LogP contribution in [0.2, 0.25) is 0 Å². The van der Waals surface area contributed by atoms with Gasteiger partial charge >= 0.3 is 0 Å². The molecule has 5 nitrogen and oxygen atoms in total. The van der Waals surface area contributed by atoms with Crippen molar-refractivity contribution in [2.75, 3.05) is 24.7 Å². The number of anilines is 1. The molecule has 1 saturated heterocycles. The molecule has 0 spiro atoms. The first-order valence-corrected chi connectivity index (χ1v) is 6.68. The molecule has 0 unspecified atom stereocenters. The summed E-state index contributed by atoms with van der Waals surface area (Å²) in [5, 5.41) is 3.44. The summed E-state index contributed by atoms with van der Waals surface area (Å²) < 4.78 is 11.1. The highest BCUT2D eigenvalue weighted by Crippen LogP contribution is 2.26. The van der Waals surface area contributed by atoms with Crippen LogP contribution in [-0.4, -0.2) is 36.3 Å². The lowest BCUT2D eigenvalue weighted by molar-refractivity contribution is 0.0612. The minimum atomic E-state index is -0.0513. The fourth-order valence-electron chi connectivity index (χ4n) is 2.25. The number of aromatic nitrogens is 1. The van der Waals surface area contributed by atoms with Crippen LogP contribution in [0.25, 0.3) is 0 Å². The van der Waals surface area contributed by atoms with Gasteiger partial charge in [0.25, 0.3) is 6.01 Å². The van der Waals surface area contributed by atoms with Gasteiger partial charge in [-0.1, -0.05) is 0 Å². The highest BCUT2D eigenvalue weighted by molar-refractivity contribution is 5.32. The Bertz CT molecular complexity index is 412. The van der Waals surface area contributed by atoms with E-state index >= 15 is 0 Å². The van der Waals surface area contributed by atoms with Gasteiger partial charge in [0, 0.05) is 19.1 Å². The zero-order valence-electron chi connectivity index (χ0n) is 11.1. The number of hydrogen-bond donors (Lipinski definition) is 1. The molecule has 3 rings (SSSR count). The number of ether oxygens (including phenoxy) is 1. The van der Waals surface area contributed by atoms with Crippen molar-refractivity contribution >= 4 is 6.01 Å². The fourth-order valence-corrected chi connectivity index (χ4v) is 2.25. The smallest absolute Gasteiger partial charge is 0.298 e. The van der Waals surface area contributed by atoms with E-state index in [-0.39, 0.29) is 5.54 Å². The van der Waals surface area contributed by atoms with Gasteiger partial charge in [0.15, 0.2) is 0 Å². The Labute approximate surface area is 108 Å². The number of oxazole rings is 1. The zero-order valence-corrected chi connectivity index (χ0v) is 11.1. The van der Waals surface area contributed by atoms with Crippen molar-refractivity contribution in [3.8, 4) is 0 Å². The molecule has 1 aliphatic carbocycles. The molecule has 0 bridgehead atoms. The molecule has 1 aliphatic heterocycles. The first-order valence-electron chi connectivity index (χ1n) is 6.68. The minimum absolute atomic E-state index is 0.0513. The summed E-state index contributed by atoms with van der Waals surface area (Å²) in [4.78, 5) is 6.76. The molecule has 0 atom stereocenters. The van der Waals surface area contributed by atoms with E-state index < -0.39 is 0 Å². The van der Waals surface area contributed by atoms with Crippen LogP contribution in [0.15, 0.2) is 10.7 Å². The maximum absolute atomic E-state index is 5.61. The van der Waals surface area contributed by atoms with Gasteiger partial charge in [-0.15, -0.1) is 0 Å². The van der Waals surface area contributed by atoms with Gasteiger partial charge in [-0.3, -0.25) is 0 Å². The summed E-state index contributed by atoms with van der Waals surface area (Å²) in [5.41, 5.74) is 0.934. The van der Waals surface area contributed by atoms with Crippen LogP contribution in [0, 0.1) is 0 Å². The summed E-state index contributed by atoms with van der Waals surface area (Å²) in [7, 11) is 0. The number of morpholine rings is 1. The largest absolute Gasteiger partial charge is 0.432 e. The van der Waals surface area contributed by atoms with Crippen LogP contribution in [0.4, 0.5) is 6.01 Å². The maximum atomic E-state index is 5.61. The molecule has 1 N–H and O–H groups in total. The quantitative estimate of drug-likeness (QED) is 0.879. The van der Waals surface area contributed by atoms with Crippen molar-refractivity contribution in [1.29, 1.82) is 0 Å². The van der Waals surface area contributed by atoms with E-state index in [4.69, 9.17) is 9.15 Å². The van der Waals surface area contributed by atoms with Crippen LogP contribution >= 0.6 is 0 Å². The zero-order chi connectivity index (χ0) is 12.6. The average Bonchev–Trinajstić information content (AvgIpc) is 3.05. The number of hydrogen-bond acceptors (Lipinski definition) is 5. The summed E-state index contributed by atoms with van der Waals surface area (Å²) in [6.07, 6.45) is 4.35. The molecule has 1 saturated carbocycles. The van der Waals surface area contributed by atoms with Gasteiger partial charge in [-0.05, 0) is 26.7 Å². The van der Waals surface area contributed by atoms with Gasteiger partial charge in [-0.25, -0.2) is 0 Å². The van der Waals surface area contributed by atoms with Crippen molar-refractivity contribution in [3.05, 3.63) is 12.0 Å². The standard InChI is InChI=1S/C13H21N3O2/c1-13(2)9-17-6-5-16(13)12-15-11(8-18-12)7-14-10-3-4-10/h8,10,14H,3-7,9H2,1-2H3. The lowest BCUT2D eigenvalue weighted by Gasteiger charge is -2.40. The minimum Gasteiger partial charge on any atom is -0.432 e. The van der Waals surface area contributed by atoms with Gasteiger partial charge in [0.1, 0.15) is 6.26 Å². The Morgan fingerprint density at radius 2 is 2.33 bits per heavy atom. The van der Waals surface area contributed by atoms with E-state index in [1.165, 1.54) is 12.8 Å². The summed E-state index contributed by atoms with van der Waals surface area (Å²) in [6, 6.07) is 1.42. The van der Waals surface area contributed by atoms with Gasteiger partial charge in [-0.2, -0.15) is 4.98 Å².